The van der Waals surface area contributed by atoms with Crippen LogP contribution < -0.4 is 5.11 Å². The van der Waals surface area contributed by atoms with Gasteiger partial charge in [0.15, 0.2) is 0 Å². The minimum Gasteiger partial charge on any atom is -0.861 e. The van der Waals surface area contributed by atoms with E-state index in [9.17, 15) is 31.2 Å². The predicted octanol–water partition coefficient (Wildman–Crippen LogP) is 9.01. The third-order valence-electron chi connectivity index (χ3n) is 3.94. The molecule has 0 saturated heterocycles. The zero-order valence-corrected chi connectivity index (χ0v) is 23.2. The number of alkyl halides is 3. The summed E-state index contributed by atoms with van der Waals surface area (Å²) in [5, 5.41) is 11.0. The van der Waals surface area contributed by atoms with Crippen molar-refractivity contribution in [2.45, 2.75) is 122 Å². The summed E-state index contributed by atoms with van der Waals surface area (Å²) in [6.45, 7) is 10.0. The Morgan fingerprint density at radius 2 is 1.36 bits per heavy atom. The number of nitrogens with zero attached hydrogens (tertiary/aromatic N) is 1. The van der Waals surface area contributed by atoms with Gasteiger partial charge in [-0.25, -0.2) is 0 Å². The molecule has 0 N–H and O–H groups in total. The number of rotatable bonds is 9. The summed E-state index contributed by atoms with van der Waals surface area (Å²) >= 11 is 0. The van der Waals surface area contributed by atoms with Gasteiger partial charge in [0, 0.05) is 6.55 Å². The zero-order chi connectivity index (χ0) is 25.4. The van der Waals surface area contributed by atoms with Crippen LogP contribution in [-0.4, -0.2) is 35.9 Å². The van der Waals surface area contributed by atoms with Gasteiger partial charge in [0.1, 0.15) is 0 Å². The van der Waals surface area contributed by atoms with Crippen molar-refractivity contribution in [2.24, 2.45) is 10.3 Å². The van der Waals surface area contributed by atoms with Crippen molar-refractivity contribution in [1.82, 2.24) is 0 Å². The molecule has 39 heavy (non-hydrogen) atoms. The molecule has 0 amide bonds. The summed E-state index contributed by atoms with van der Waals surface area (Å²) in [6, 6.07) is 10.5. The Morgan fingerprint density at radius 1 is 0.949 bits per heavy atom. The smallest absolute Gasteiger partial charge is 0.861 e. The molecule has 1 aromatic rings. The van der Waals surface area contributed by atoms with Gasteiger partial charge in [-0.1, -0.05) is 122 Å². The summed E-state index contributed by atoms with van der Waals surface area (Å²) in [5.74, 6) is -0.0564. The predicted molar refractivity (Wildman–Crippen MR) is 161 cm³/mol. The molecule has 0 aliphatic heterocycles. The molecular formula is C27H59AgF3NO5SSi. The first-order chi connectivity index (χ1) is 14.6. The van der Waals surface area contributed by atoms with E-state index in [1.165, 1.54) is 12.7 Å². The molecule has 0 unspecified atom stereocenters. The van der Waals surface area contributed by atoms with Gasteiger partial charge in [-0.2, -0.15) is 26.0 Å². The fourth-order valence-electron chi connectivity index (χ4n) is 2.07. The molecule has 0 aromatic heterocycles. The van der Waals surface area contributed by atoms with E-state index < -0.39 is 30.4 Å². The monoisotopic (exact) mass is 701 g/mol. The van der Waals surface area contributed by atoms with E-state index in [1.54, 1.807) is 6.55 Å². The van der Waals surface area contributed by atoms with Gasteiger partial charge >= 0.3 is 46.8 Å². The largest absolute Gasteiger partial charge is 1.00 e. The van der Waals surface area contributed by atoms with E-state index in [1.807, 2.05) is 19.9 Å². The average Bonchev–Trinajstić information content (AvgIpc) is 2.67. The van der Waals surface area contributed by atoms with Crippen molar-refractivity contribution in [3.63, 3.8) is 0 Å². The maximum Gasteiger partial charge on any atom is 1.00 e. The van der Waals surface area contributed by atoms with E-state index in [0.717, 1.165) is 12.8 Å². The van der Waals surface area contributed by atoms with Gasteiger partial charge in [0.25, 0.3) is 0 Å². The van der Waals surface area contributed by atoms with Crippen LogP contribution in [0.25, 0.3) is 0 Å². The maximum absolute atomic E-state index is 11.9. The molecular weight excluding hydrogens is 643 g/mol. The SMILES string of the molecule is C.C.C.C.C.C.CC(C)CCCCCC([O-])=NS(=O)(=O)C(F)(F)F.CC(C)c1ccccc1.CO[Si](C)=O.[Ag+]. The van der Waals surface area contributed by atoms with Crippen LogP contribution in [0.15, 0.2) is 34.7 Å². The quantitative estimate of drug-likeness (QED) is 0.111. The molecule has 0 spiro atoms. The van der Waals surface area contributed by atoms with Crippen LogP contribution in [0.4, 0.5) is 13.2 Å². The van der Waals surface area contributed by atoms with Gasteiger partial charge < -0.3 is 14.0 Å². The van der Waals surface area contributed by atoms with Gasteiger partial charge in [0.2, 0.25) is 0 Å². The molecule has 0 bridgehead atoms. The summed E-state index contributed by atoms with van der Waals surface area (Å²) in [7, 11) is -5.87. The molecule has 6 nitrogen and oxygen atoms in total. The van der Waals surface area contributed by atoms with Crippen molar-refractivity contribution < 1.29 is 58.0 Å². The molecule has 12 heteroatoms. The third kappa shape index (κ3) is 37.0. The molecule has 244 valence electrons. The van der Waals surface area contributed by atoms with E-state index in [2.05, 4.69) is 46.9 Å². The van der Waals surface area contributed by atoms with Gasteiger partial charge in [-0.15, -0.1) is 0 Å². The fraction of sp³-hybridized carbons (Fsp3) is 0.741. The Balaban J connectivity index is -0.0000000526. The maximum atomic E-state index is 11.9. The normalized spacial score (nSPS) is 9.77. The molecule has 0 radical (unpaired) electrons. The first kappa shape index (κ1) is 61.8. The number of hydrogen-bond acceptors (Lipinski definition) is 5. The fourth-order valence-corrected chi connectivity index (χ4v) is 2.54. The van der Waals surface area contributed by atoms with Crippen LogP contribution in [0.3, 0.4) is 0 Å². The van der Waals surface area contributed by atoms with E-state index in [-0.39, 0.29) is 73.4 Å². The van der Waals surface area contributed by atoms with Gasteiger partial charge in [-0.05, 0) is 36.1 Å². The first-order valence-electron chi connectivity index (χ1n) is 10.3. The second-order valence-electron chi connectivity index (χ2n) is 7.66. The number of halogens is 3. The van der Waals surface area contributed by atoms with E-state index >= 15 is 0 Å². The van der Waals surface area contributed by atoms with Crippen molar-refractivity contribution in [1.29, 1.82) is 0 Å². The van der Waals surface area contributed by atoms with Gasteiger partial charge in [-0.3, -0.25) is 0 Å². The average molecular weight is 703 g/mol. The number of unbranched alkanes of at least 4 members (excludes halogenated alkanes) is 2. The molecule has 1 rings (SSSR count). The summed E-state index contributed by atoms with van der Waals surface area (Å²) in [5.41, 5.74) is -4.09. The Labute approximate surface area is 257 Å². The summed E-state index contributed by atoms with van der Waals surface area (Å²) < 4.78 is 73.0. The van der Waals surface area contributed by atoms with Gasteiger partial charge in [0.05, 0.1) is 7.11 Å². The van der Waals surface area contributed by atoms with Crippen LogP contribution in [0.5, 0.6) is 0 Å². The van der Waals surface area contributed by atoms with Crippen LogP contribution in [0.1, 0.15) is 116 Å². The number of hydrogen-bond donors (Lipinski definition) is 0. The van der Waals surface area contributed by atoms with Crippen molar-refractivity contribution in [2.75, 3.05) is 7.11 Å². The van der Waals surface area contributed by atoms with Crippen molar-refractivity contribution >= 4 is 24.8 Å². The third-order valence-corrected chi connectivity index (χ3v) is 5.54. The van der Waals surface area contributed by atoms with Crippen LogP contribution >= 0.6 is 0 Å². The Kier molecular flexibility index (Phi) is 52.6. The summed E-state index contributed by atoms with van der Waals surface area (Å²) in [4.78, 5) is 0. The first-order valence-corrected chi connectivity index (χ1v) is 13.6. The minimum atomic E-state index is -5.68. The topological polar surface area (TPSA) is 95.9 Å². The molecule has 0 atom stereocenters. The Bertz CT molecular complexity index is 777. The number of sulfonamides is 1. The minimum absolute atomic E-state index is 0. The molecule has 0 heterocycles. The van der Waals surface area contributed by atoms with Crippen molar-refractivity contribution in [3.8, 4) is 0 Å². The molecule has 0 saturated carbocycles. The second kappa shape index (κ2) is 33.2. The standard InChI is InChI=1S/C10H18F3NO3S.C9H12.C2H6O2Si.6CH4.Ag/c1-8(2)6-4-3-5-7-9(15)14-18(16,17)10(11,12)13;1-8(2)9-6-4-3-5-7-9;1-4-5(2)3;;;;;;;/h8H,3-7H2,1-2H3,(H,14,15);3-8H,1-2H3;1-2H3;6*1H4;/q;;;;;;;;;+1/p-1. The molecule has 1 aromatic carbocycles. The summed E-state index contributed by atoms with van der Waals surface area (Å²) in [6.07, 6.45) is 2.57. The second-order valence-corrected chi connectivity index (χ2v) is 10.6. The molecule has 0 fully saturated rings. The molecule has 0 aliphatic carbocycles. The van der Waals surface area contributed by atoms with Crippen LogP contribution in [0.2, 0.25) is 6.55 Å². The van der Waals surface area contributed by atoms with Crippen molar-refractivity contribution in [3.05, 3.63) is 35.9 Å². The number of benzene rings is 1. The Morgan fingerprint density at radius 3 is 1.64 bits per heavy atom. The zero-order valence-electron chi connectivity index (χ0n) is 19.9. The van der Waals surface area contributed by atoms with Crippen LogP contribution in [-0.2, 0) is 41.3 Å². The van der Waals surface area contributed by atoms with Crippen LogP contribution in [0, 0.1) is 5.92 Å². The molecule has 0 aliphatic rings. The van der Waals surface area contributed by atoms with E-state index in [0.29, 0.717) is 24.7 Å². The Hall–Kier alpha value is -1.01. The van der Waals surface area contributed by atoms with E-state index in [4.69, 9.17) is 0 Å².